The molecule has 0 spiro atoms. The molecule has 2 atom stereocenters. The Balaban J connectivity index is 1.51. The van der Waals surface area contributed by atoms with Gasteiger partial charge in [0.25, 0.3) is 0 Å². The van der Waals surface area contributed by atoms with Gasteiger partial charge in [-0.15, -0.1) is 5.10 Å². The minimum Gasteiger partial charge on any atom is -0.476 e. The van der Waals surface area contributed by atoms with Gasteiger partial charge in [-0.25, -0.2) is 14.3 Å². The Hall–Kier alpha value is -2.12. The molecule has 8 heteroatoms. The van der Waals surface area contributed by atoms with Crippen molar-refractivity contribution in [3.8, 4) is 0 Å². The SMILES string of the molecule is CC1CC1NC(=O)N1CC(n2cc(C(=O)O)nn2)C1. The number of hydrogen-bond acceptors (Lipinski definition) is 4. The maximum atomic E-state index is 11.8. The maximum absolute atomic E-state index is 11.8. The van der Waals surface area contributed by atoms with Crippen molar-refractivity contribution in [2.75, 3.05) is 13.1 Å². The van der Waals surface area contributed by atoms with Crippen molar-refractivity contribution in [3.05, 3.63) is 11.9 Å². The molecule has 2 amide bonds. The molecule has 2 fully saturated rings. The number of hydrogen-bond donors (Lipinski definition) is 2. The highest BCUT2D eigenvalue weighted by Crippen LogP contribution is 2.30. The Morgan fingerprint density at radius 2 is 2.16 bits per heavy atom. The molecule has 102 valence electrons. The first-order valence-corrected chi connectivity index (χ1v) is 6.25. The number of rotatable bonds is 3. The number of carboxylic acid groups (broad SMARTS) is 1. The lowest BCUT2D eigenvalue weighted by molar-refractivity contribution is 0.0690. The number of amides is 2. The third kappa shape index (κ3) is 2.25. The number of urea groups is 1. The zero-order valence-corrected chi connectivity index (χ0v) is 10.5. The van der Waals surface area contributed by atoms with Crippen LogP contribution in [0.4, 0.5) is 4.79 Å². The van der Waals surface area contributed by atoms with E-state index >= 15 is 0 Å². The Labute approximate surface area is 109 Å². The van der Waals surface area contributed by atoms with Crippen LogP contribution in [0, 0.1) is 5.92 Å². The highest BCUT2D eigenvalue weighted by molar-refractivity contribution is 5.84. The van der Waals surface area contributed by atoms with E-state index in [1.54, 1.807) is 4.90 Å². The first-order valence-electron chi connectivity index (χ1n) is 6.25. The van der Waals surface area contributed by atoms with E-state index in [-0.39, 0.29) is 17.8 Å². The van der Waals surface area contributed by atoms with Crippen molar-refractivity contribution in [1.29, 1.82) is 0 Å². The summed E-state index contributed by atoms with van der Waals surface area (Å²) >= 11 is 0. The molecule has 2 aliphatic rings. The second-order valence-electron chi connectivity index (χ2n) is 5.22. The summed E-state index contributed by atoms with van der Waals surface area (Å²) in [4.78, 5) is 24.2. The third-order valence-electron chi connectivity index (χ3n) is 3.67. The van der Waals surface area contributed by atoms with Crippen LogP contribution in [0.15, 0.2) is 6.20 Å². The van der Waals surface area contributed by atoms with Crippen LogP contribution in [-0.4, -0.2) is 56.1 Å². The highest BCUT2D eigenvalue weighted by atomic mass is 16.4. The summed E-state index contributed by atoms with van der Waals surface area (Å²) in [6.07, 6.45) is 2.44. The first-order chi connectivity index (χ1) is 9.04. The van der Waals surface area contributed by atoms with Gasteiger partial charge in [-0.3, -0.25) is 0 Å². The molecule has 2 unspecified atom stereocenters. The molecule has 3 rings (SSSR count). The van der Waals surface area contributed by atoms with E-state index in [2.05, 4.69) is 22.6 Å². The van der Waals surface area contributed by atoms with Crippen molar-refractivity contribution < 1.29 is 14.7 Å². The second kappa shape index (κ2) is 4.22. The van der Waals surface area contributed by atoms with Crippen molar-refractivity contribution in [2.45, 2.75) is 25.4 Å². The second-order valence-corrected chi connectivity index (χ2v) is 5.22. The standard InChI is InChI=1S/C11H15N5O3/c1-6-2-8(6)12-11(19)15-3-7(4-15)16-5-9(10(17)18)13-14-16/h5-8H,2-4H2,1H3,(H,12,19)(H,17,18). The predicted octanol–water partition coefficient (Wildman–Crippen LogP) is -0.0490. The summed E-state index contributed by atoms with van der Waals surface area (Å²) < 4.78 is 1.51. The fourth-order valence-electron chi connectivity index (χ4n) is 2.11. The zero-order valence-electron chi connectivity index (χ0n) is 10.5. The molecule has 8 nitrogen and oxygen atoms in total. The average molecular weight is 265 g/mol. The molecule has 1 aliphatic carbocycles. The van der Waals surface area contributed by atoms with E-state index in [0.29, 0.717) is 25.0 Å². The van der Waals surface area contributed by atoms with Crippen LogP contribution in [0.1, 0.15) is 29.9 Å². The van der Waals surface area contributed by atoms with Crippen molar-refractivity contribution in [1.82, 2.24) is 25.2 Å². The van der Waals surface area contributed by atoms with Crippen LogP contribution in [0.2, 0.25) is 0 Å². The van der Waals surface area contributed by atoms with Gasteiger partial charge in [0.2, 0.25) is 0 Å². The maximum Gasteiger partial charge on any atom is 0.358 e. The normalized spacial score (nSPS) is 25.8. The molecule has 1 saturated heterocycles. The van der Waals surface area contributed by atoms with Crippen LogP contribution in [-0.2, 0) is 0 Å². The Kier molecular flexibility index (Phi) is 2.65. The van der Waals surface area contributed by atoms with E-state index in [1.165, 1.54) is 10.9 Å². The Morgan fingerprint density at radius 3 is 2.68 bits per heavy atom. The number of aromatic nitrogens is 3. The van der Waals surface area contributed by atoms with Crippen LogP contribution < -0.4 is 5.32 Å². The molecule has 0 bridgehead atoms. The number of nitrogens with one attached hydrogen (secondary N) is 1. The largest absolute Gasteiger partial charge is 0.476 e. The fourth-order valence-corrected chi connectivity index (χ4v) is 2.11. The van der Waals surface area contributed by atoms with Gasteiger partial charge in [0, 0.05) is 19.1 Å². The van der Waals surface area contributed by atoms with E-state index in [9.17, 15) is 9.59 Å². The molecule has 1 aromatic heterocycles. The molecule has 1 saturated carbocycles. The van der Waals surface area contributed by atoms with Crippen LogP contribution in [0.5, 0.6) is 0 Å². The predicted molar refractivity (Wildman–Crippen MR) is 63.7 cm³/mol. The van der Waals surface area contributed by atoms with E-state index in [4.69, 9.17) is 5.11 Å². The van der Waals surface area contributed by atoms with Crippen molar-refractivity contribution in [2.24, 2.45) is 5.92 Å². The van der Waals surface area contributed by atoms with E-state index in [0.717, 1.165) is 6.42 Å². The summed E-state index contributed by atoms with van der Waals surface area (Å²) in [6.45, 7) is 3.18. The monoisotopic (exact) mass is 265 g/mol. The lowest BCUT2D eigenvalue weighted by atomic mass is 10.1. The fraction of sp³-hybridized carbons (Fsp3) is 0.636. The van der Waals surface area contributed by atoms with Gasteiger partial charge in [-0.2, -0.15) is 0 Å². The zero-order chi connectivity index (χ0) is 13.6. The number of nitrogens with zero attached hydrogens (tertiary/aromatic N) is 4. The summed E-state index contributed by atoms with van der Waals surface area (Å²) in [5, 5.41) is 19.0. The summed E-state index contributed by atoms with van der Waals surface area (Å²) in [5.41, 5.74) is -0.0743. The Morgan fingerprint density at radius 1 is 1.47 bits per heavy atom. The van der Waals surface area contributed by atoms with Gasteiger partial charge in [0.15, 0.2) is 5.69 Å². The van der Waals surface area contributed by atoms with Gasteiger partial charge < -0.3 is 15.3 Å². The molecule has 0 aromatic carbocycles. The minimum absolute atomic E-state index is 0.0166. The van der Waals surface area contributed by atoms with Gasteiger partial charge in [-0.05, 0) is 12.3 Å². The summed E-state index contributed by atoms with van der Waals surface area (Å²) in [6, 6.07) is 0.281. The molecule has 1 aliphatic heterocycles. The lowest BCUT2D eigenvalue weighted by Crippen LogP contribution is -2.54. The lowest BCUT2D eigenvalue weighted by Gasteiger charge is -2.38. The molecule has 2 heterocycles. The summed E-state index contributed by atoms with van der Waals surface area (Å²) in [5.74, 6) is -0.516. The molecule has 2 N–H and O–H groups in total. The molecular weight excluding hydrogens is 250 g/mol. The molecule has 0 radical (unpaired) electrons. The van der Waals surface area contributed by atoms with E-state index in [1.807, 2.05) is 0 Å². The van der Waals surface area contributed by atoms with Gasteiger partial charge in [0.05, 0.1) is 12.2 Å². The first kappa shape index (κ1) is 11.9. The van der Waals surface area contributed by atoms with Crippen LogP contribution >= 0.6 is 0 Å². The van der Waals surface area contributed by atoms with Crippen molar-refractivity contribution >= 4 is 12.0 Å². The summed E-state index contributed by atoms with van der Waals surface area (Å²) in [7, 11) is 0. The van der Waals surface area contributed by atoms with Crippen LogP contribution in [0.3, 0.4) is 0 Å². The Bertz CT molecular complexity index is 522. The topological polar surface area (TPSA) is 100 Å². The van der Waals surface area contributed by atoms with Gasteiger partial charge in [-0.1, -0.05) is 12.1 Å². The smallest absolute Gasteiger partial charge is 0.358 e. The minimum atomic E-state index is -1.09. The highest BCUT2D eigenvalue weighted by Gasteiger charge is 2.38. The van der Waals surface area contributed by atoms with Gasteiger partial charge in [0.1, 0.15) is 0 Å². The van der Waals surface area contributed by atoms with Crippen molar-refractivity contribution in [3.63, 3.8) is 0 Å². The van der Waals surface area contributed by atoms with Gasteiger partial charge >= 0.3 is 12.0 Å². The molecular formula is C11H15N5O3. The molecule has 1 aromatic rings. The number of aromatic carboxylic acids is 1. The number of carbonyl (C=O) groups excluding carboxylic acids is 1. The van der Waals surface area contributed by atoms with E-state index < -0.39 is 5.97 Å². The number of carbonyl (C=O) groups is 2. The average Bonchev–Trinajstić information content (AvgIpc) is 2.77. The number of carboxylic acids is 1. The third-order valence-corrected chi connectivity index (χ3v) is 3.67. The van der Waals surface area contributed by atoms with Crippen LogP contribution in [0.25, 0.3) is 0 Å². The quantitative estimate of drug-likeness (QED) is 0.798. The molecule has 19 heavy (non-hydrogen) atoms. The number of likely N-dealkylation sites (tertiary alicyclic amines) is 1.